The van der Waals surface area contributed by atoms with Crippen molar-refractivity contribution in [2.24, 2.45) is 4.99 Å². The van der Waals surface area contributed by atoms with Gasteiger partial charge in [0.25, 0.3) is 11.2 Å². The molecule has 1 heterocycles. The number of hydrogen-bond acceptors (Lipinski definition) is 5. The quantitative estimate of drug-likeness (QED) is 0.297. The summed E-state index contributed by atoms with van der Waals surface area (Å²) in [4.78, 5) is 9.29. The van der Waals surface area contributed by atoms with E-state index in [1.807, 2.05) is 0 Å². The normalized spacial score (nSPS) is 18.8. The van der Waals surface area contributed by atoms with Crippen LogP contribution in [0.4, 0.5) is 55.3 Å². The topological polar surface area (TPSA) is 67.5 Å². The van der Waals surface area contributed by atoms with E-state index in [0.29, 0.717) is 6.07 Å². The lowest BCUT2D eigenvalue weighted by molar-refractivity contribution is -0.383. The van der Waals surface area contributed by atoms with Crippen LogP contribution in [0, 0.1) is 10.1 Å². The monoisotopic (exact) mass is 491 g/mol. The number of aliphatic imine (C=N–C) groups is 1. The smallest absolute Gasteiger partial charge is 0.329 e. The van der Waals surface area contributed by atoms with Gasteiger partial charge in [-0.15, -0.1) is 0 Å². The third-order valence-corrected chi connectivity index (χ3v) is 4.76. The molecule has 5 nitrogen and oxygen atoms in total. The van der Waals surface area contributed by atoms with Crippen LogP contribution < -0.4 is 5.32 Å². The first-order valence-corrected chi connectivity index (χ1v) is 8.21. The summed E-state index contributed by atoms with van der Waals surface area (Å²) in [6, 6.07) is 2.37. The Morgan fingerprint density at radius 2 is 1.63 bits per heavy atom. The minimum atomic E-state index is -6.54. The first kappa shape index (κ1) is 24.0. The van der Waals surface area contributed by atoms with Crippen LogP contribution in [0.3, 0.4) is 0 Å². The second-order valence-corrected chi connectivity index (χ2v) is 6.84. The molecule has 1 aromatic carbocycles. The molecule has 0 saturated carbocycles. The van der Waals surface area contributed by atoms with Crippen molar-refractivity contribution < 1.29 is 48.8 Å². The summed E-state index contributed by atoms with van der Waals surface area (Å²) in [6.07, 6.45) is -19.3. The molecule has 0 unspecified atom stereocenters. The fraction of sp³-hybridized carbons (Fsp3) is 0.308. The van der Waals surface area contributed by atoms with E-state index < -0.39 is 68.0 Å². The van der Waals surface area contributed by atoms with E-state index in [0.717, 1.165) is 12.1 Å². The Bertz CT molecular complexity index is 925. The highest BCUT2D eigenvalue weighted by atomic mass is 35.5. The maximum absolute atomic E-state index is 13.7. The highest BCUT2D eigenvalue weighted by Crippen LogP contribution is 2.59. The zero-order chi connectivity index (χ0) is 23.3. The maximum atomic E-state index is 13.7. The molecule has 2 rings (SSSR count). The van der Waals surface area contributed by atoms with Crippen LogP contribution in [0.2, 0.25) is 5.02 Å². The molecule has 1 aromatic rings. The molecule has 1 aliphatic heterocycles. The molecule has 166 valence electrons. The van der Waals surface area contributed by atoms with Crippen LogP contribution in [0.1, 0.15) is 0 Å². The van der Waals surface area contributed by atoms with Gasteiger partial charge in [-0.3, -0.25) is 10.1 Å². The number of nitrogens with zero attached hydrogens (tertiary/aromatic N) is 2. The minimum Gasteiger partial charge on any atom is -0.329 e. The standard InChI is InChI=1S/C13H4ClF10N3O2S/c14-4-1-2-5(6(3-4)27(28)29)25-9-26-10(12(19,20)21,13(22,23)24)8(30-9)7(15)11(16,17)18/h1-3H,(H,25,26)/b8-7+. The summed E-state index contributed by atoms with van der Waals surface area (Å²) in [6.45, 7) is 0. The number of nitrogens with one attached hydrogen (secondary N) is 1. The van der Waals surface area contributed by atoms with Gasteiger partial charge in [-0.25, -0.2) is 9.38 Å². The largest absolute Gasteiger partial charge is 0.443 e. The number of benzene rings is 1. The third kappa shape index (κ3) is 4.14. The number of nitro groups is 1. The van der Waals surface area contributed by atoms with Gasteiger partial charge in [0.15, 0.2) is 5.17 Å². The second kappa shape index (κ2) is 7.47. The fourth-order valence-electron chi connectivity index (χ4n) is 2.20. The SMILES string of the molecule is O=[N+]([O-])c1cc(Cl)ccc1NC1=NC(C(F)(F)F)(C(F)(F)F)/C(=C(\F)C(F)(F)F)S1. The molecule has 1 aliphatic rings. The lowest BCUT2D eigenvalue weighted by atomic mass is 9.97. The second-order valence-electron chi connectivity index (χ2n) is 5.41. The van der Waals surface area contributed by atoms with Crippen molar-refractivity contribution in [2.75, 3.05) is 5.32 Å². The number of halogens is 11. The highest BCUT2D eigenvalue weighted by Gasteiger charge is 2.77. The molecular formula is C13H4ClF10N3O2S. The van der Waals surface area contributed by atoms with Gasteiger partial charge in [-0.05, 0) is 12.1 Å². The zero-order valence-electron chi connectivity index (χ0n) is 13.5. The lowest BCUT2D eigenvalue weighted by Crippen LogP contribution is -2.55. The van der Waals surface area contributed by atoms with Crippen molar-refractivity contribution in [3.63, 3.8) is 0 Å². The molecule has 0 amide bonds. The number of rotatable bonds is 2. The number of amidine groups is 1. The van der Waals surface area contributed by atoms with Crippen LogP contribution >= 0.6 is 23.4 Å². The predicted molar refractivity (Wildman–Crippen MR) is 85.8 cm³/mol. The Hall–Kier alpha value is -2.23. The van der Waals surface area contributed by atoms with Crippen molar-refractivity contribution in [1.29, 1.82) is 0 Å². The number of thioether (sulfide) groups is 1. The van der Waals surface area contributed by atoms with Crippen molar-refractivity contribution in [1.82, 2.24) is 0 Å². The molecule has 17 heteroatoms. The summed E-state index contributed by atoms with van der Waals surface area (Å²) in [5.74, 6) is -3.66. The van der Waals surface area contributed by atoms with E-state index in [4.69, 9.17) is 11.6 Å². The van der Waals surface area contributed by atoms with Gasteiger partial charge >= 0.3 is 18.5 Å². The molecule has 0 fully saturated rings. The molecule has 0 radical (unpaired) electrons. The average Bonchev–Trinajstić information content (AvgIpc) is 2.95. The van der Waals surface area contributed by atoms with Gasteiger partial charge in [-0.1, -0.05) is 23.4 Å². The predicted octanol–water partition coefficient (Wildman–Crippen LogP) is 6.37. The summed E-state index contributed by atoms with van der Waals surface area (Å²) < 4.78 is 131. The fourth-order valence-corrected chi connectivity index (χ4v) is 3.54. The Morgan fingerprint density at radius 1 is 1.10 bits per heavy atom. The van der Waals surface area contributed by atoms with E-state index >= 15 is 0 Å². The first-order valence-electron chi connectivity index (χ1n) is 7.01. The Balaban J connectivity index is 2.72. The van der Waals surface area contributed by atoms with Gasteiger partial charge in [0.2, 0.25) is 5.83 Å². The molecule has 1 N–H and O–H groups in total. The van der Waals surface area contributed by atoms with Crippen molar-refractivity contribution >= 4 is 39.9 Å². The van der Waals surface area contributed by atoms with Gasteiger partial charge in [-0.2, -0.15) is 39.5 Å². The summed E-state index contributed by atoms with van der Waals surface area (Å²) in [7, 11) is 0. The average molecular weight is 492 g/mol. The molecular weight excluding hydrogens is 488 g/mol. The Morgan fingerprint density at radius 3 is 2.07 bits per heavy atom. The Labute approximate surface area is 167 Å². The number of hydrogen-bond donors (Lipinski definition) is 1. The number of nitro benzene ring substituents is 1. The molecule has 0 saturated heterocycles. The molecule has 0 bridgehead atoms. The van der Waals surface area contributed by atoms with Crippen LogP contribution in [0.15, 0.2) is 33.9 Å². The van der Waals surface area contributed by atoms with Crippen molar-refractivity contribution in [2.45, 2.75) is 24.1 Å². The molecule has 0 aliphatic carbocycles. The molecule has 30 heavy (non-hydrogen) atoms. The van der Waals surface area contributed by atoms with Crippen LogP contribution in [0.25, 0.3) is 0 Å². The van der Waals surface area contributed by atoms with Crippen LogP contribution in [0.5, 0.6) is 0 Å². The Kier molecular flexibility index (Phi) is 5.99. The van der Waals surface area contributed by atoms with Gasteiger partial charge in [0.1, 0.15) is 5.69 Å². The first-order chi connectivity index (χ1) is 13.4. The van der Waals surface area contributed by atoms with E-state index in [9.17, 15) is 54.0 Å². The summed E-state index contributed by atoms with van der Waals surface area (Å²) >= 11 is 4.56. The van der Waals surface area contributed by atoms with Crippen LogP contribution in [-0.2, 0) is 0 Å². The maximum Gasteiger partial charge on any atom is 0.443 e. The number of allylic oxidation sites excluding steroid dienone is 1. The molecule has 0 spiro atoms. The summed E-state index contributed by atoms with van der Waals surface area (Å²) in [5, 5.41) is 10.9. The number of anilines is 1. The van der Waals surface area contributed by atoms with Gasteiger partial charge in [0, 0.05) is 11.1 Å². The van der Waals surface area contributed by atoms with E-state index in [1.165, 1.54) is 0 Å². The third-order valence-electron chi connectivity index (χ3n) is 3.46. The van der Waals surface area contributed by atoms with E-state index in [1.54, 1.807) is 5.32 Å². The van der Waals surface area contributed by atoms with Crippen molar-refractivity contribution in [3.05, 3.63) is 44.1 Å². The minimum absolute atomic E-state index is 0.239. The van der Waals surface area contributed by atoms with Crippen LogP contribution in [-0.4, -0.2) is 34.2 Å². The van der Waals surface area contributed by atoms with E-state index in [-0.39, 0.29) is 5.02 Å². The number of alkyl halides is 9. The zero-order valence-corrected chi connectivity index (χ0v) is 15.1. The van der Waals surface area contributed by atoms with Gasteiger partial charge < -0.3 is 5.32 Å². The van der Waals surface area contributed by atoms with Gasteiger partial charge in [0.05, 0.1) is 9.83 Å². The molecule has 0 aromatic heterocycles. The van der Waals surface area contributed by atoms with E-state index in [2.05, 4.69) is 4.99 Å². The lowest BCUT2D eigenvalue weighted by Gasteiger charge is -2.31. The summed E-state index contributed by atoms with van der Waals surface area (Å²) in [5.41, 5.74) is -7.26. The molecule has 0 atom stereocenters. The van der Waals surface area contributed by atoms with Crippen molar-refractivity contribution in [3.8, 4) is 0 Å². The highest BCUT2D eigenvalue weighted by molar-refractivity contribution is 8.17.